The van der Waals surface area contributed by atoms with E-state index < -0.39 is 10.0 Å². The number of benzene rings is 1. The fraction of sp³-hybridized carbons (Fsp3) is 0.375. The molecule has 112 valence electrons. The standard InChI is InChI=1S/C16H19NO2S2/c1-13-4-8-16(9-5-13)21(18,19)17(14-6-7-14)11-10-15-3-2-12-20-15/h2-5,8-9,12,14H,6-7,10-11H2,1H3. The average molecular weight is 321 g/mol. The molecule has 5 heteroatoms. The molecule has 0 atom stereocenters. The van der Waals surface area contributed by atoms with Crippen LogP contribution in [0.3, 0.4) is 0 Å². The number of aryl methyl sites for hydroxylation is 1. The third-order valence-electron chi connectivity index (χ3n) is 3.74. The highest BCUT2D eigenvalue weighted by Gasteiger charge is 2.37. The Balaban J connectivity index is 1.80. The second-order valence-electron chi connectivity index (χ2n) is 5.49. The zero-order valence-electron chi connectivity index (χ0n) is 12.0. The van der Waals surface area contributed by atoms with Crippen LogP contribution < -0.4 is 0 Å². The van der Waals surface area contributed by atoms with Crippen LogP contribution in [0.4, 0.5) is 0 Å². The van der Waals surface area contributed by atoms with Crippen LogP contribution in [-0.2, 0) is 16.4 Å². The van der Waals surface area contributed by atoms with Gasteiger partial charge < -0.3 is 0 Å². The first-order valence-corrected chi connectivity index (χ1v) is 9.50. The maximum absolute atomic E-state index is 12.8. The predicted molar refractivity (Wildman–Crippen MR) is 86.1 cm³/mol. The lowest BCUT2D eigenvalue weighted by Gasteiger charge is -2.21. The van der Waals surface area contributed by atoms with Crippen molar-refractivity contribution in [1.82, 2.24) is 4.31 Å². The monoisotopic (exact) mass is 321 g/mol. The van der Waals surface area contributed by atoms with Gasteiger partial charge in [0.15, 0.2) is 0 Å². The smallest absolute Gasteiger partial charge is 0.207 e. The van der Waals surface area contributed by atoms with E-state index in [1.165, 1.54) is 4.88 Å². The molecule has 3 rings (SSSR count). The molecule has 0 saturated heterocycles. The molecular formula is C16H19NO2S2. The molecule has 1 aliphatic rings. The summed E-state index contributed by atoms with van der Waals surface area (Å²) < 4.78 is 27.3. The summed E-state index contributed by atoms with van der Waals surface area (Å²) in [5.74, 6) is 0. The maximum atomic E-state index is 12.8. The maximum Gasteiger partial charge on any atom is 0.243 e. The molecule has 3 nitrogen and oxygen atoms in total. The number of thiophene rings is 1. The van der Waals surface area contributed by atoms with Crippen molar-refractivity contribution in [3.8, 4) is 0 Å². The summed E-state index contributed by atoms with van der Waals surface area (Å²) in [7, 11) is -3.37. The largest absolute Gasteiger partial charge is 0.243 e. The Morgan fingerprint density at radius 2 is 1.90 bits per heavy atom. The summed E-state index contributed by atoms with van der Waals surface area (Å²) in [5, 5.41) is 2.03. The van der Waals surface area contributed by atoms with Gasteiger partial charge in [-0.1, -0.05) is 23.8 Å². The molecule has 0 unspecified atom stereocenters. The quantitative estimate of drug-likeness (QED) is 0.817. The average Bonchev–Trinajstić information content (AvgIpc) is 3.14. The Morgan fingerprint density at radius 1 is 1.19 bits per heavy atom. The highest BCUT2D eigenvalue weighted by atomic mass is 32.2. The number of rotatable bonds is 6. The third kappa shape index (κ3) is 3.36. The molecule has 0 spiro atoms. The predicted octanol–water partition coefficient (Wildman–Crippen LogP) is 3.45. The summed E-state index contributed by atoms with van der Waals surface area (Å²) >= 11 is 1.68. The zero-order valence-corrected chi connectivity index (χ0v) is 13.7. The summed E-state index contributed by atoms with van der Waals surface area (Å²) in [6.45, 7) is 2.53. The van der Waals surface area contributed by atoms with Crippen LogP contribution in [0.2, 0.25) is 0 Å². The van der Waals surface area contributed by atoms with Crippen LogP contribution in [0, 0.1) is 6.92 Å². The Kier molecular flexibility index (Phi) is 4.15. The van der Waals surface area contributed by atoms with Gasteiger partial charge in [0.05, 0.1) is 4.90 Å². The highest BCUT2D eigenvalue weighted by Crippen LogP contribution is 2.32. The summed E-state index contributed by atoms with van der Waals surface area (Å²) in [5.41, 5.74) is 1.07. The van der Waals surface area contributed by atoms with Crippen molar-refractivity contribution >= 4 is 21.4 Å². The zero-order chi connectivity index (χ0) is 14.9. The second-order valence-corrected chi connectivity index (χ2v) is 8.41. The minimum absolute atomic E-state index is 0.191. The molecule has 2 aromatic rings. The van der Waals surface area contributed by atoms with E-state index >= 15 is 0 Å². The third-order valence-corrected chi connectivity index (χ3v) is 6.64. The summed E-state index contributed by atoms with van der Waals surface area (Å²) in [6.07, 6.45) is 2.75. The van der Waals surface area contributed by atoms with Gasteiger partial charge in [0.1, 0.15) is 0 Å². The Hall–Kier alpha value is -1.17. The number of sulfonamides is 1. The van der Waals surface area contributed by atoms with E-state index in [0.29, 0.717) is 11.4 Å². The van der Waals surface area contributed by atoms with Crippen molar-refractivity contribution in [3.05, 3.63) is 52.2 Å². The van der Waals surface area contributed by atoms with Gasteiger partial charge in [0.25, 0.3) is 0 Å². The molecule has 0 amide bonds. The van der Waals surface area contributed by atoms with E-state index in [1.807, 2.05) is 30.5 Å². The lowest BCUT2D eigenvalue weighted by molar-refractivity contribution is 0.408. The van der Waals surface area contributed by atoms with Crippen molar-refractivity contribution in [2.75, 3.05) is 6.54 Å². The van der Waals surface area contributed by atoms with Crippen LogP contribution in [0.5, 0.6) is 0 Å². The number of nitrogens with zero attached hydrogens (tertiary/aromatic N) is 1. The Morgan fingerprint density at radius 3 is 2.48 bits per heavy atom. The van der Waals surface area contributed by atoms with Gasteiger partial charge in [-0.05, 0) is 49.8 Å². The molecule has 0 N–H and O–H groups in total. The lowest BCUT2D eigenvalue weighted by atomic mass is 10.2. The first-order chi connectivity index (χ1) is 10.1. The number of hydrogen-bond acceptors (Lipinski definition) is 3. The molecule has 0 aliphatic heterocycles. The fourth-order valence-electron chi connectivity index (χ4n) is 2.38. The van der Waals surface area contributed by atoms with E-state index in [2.05, 4.69) is 6.07 Å². The molecule has 1 aliphatic carbocycles. The van der Waals surface area contributed by atoms with Gasteiger partial charge in [0, 0.05) is 17.5 Å². The molecule has 21 heavy (non-hydrogen) atoms. The molecule has 1 saturated carbocycles. The molecular weight excluding hydrogens is 302 g/mol. The number of hydrogen-bond donors (Lipinski definition) is 0. The fourth-order valence-corrected chi connectivity index (χ4v) is 4.77. The van der Waals surface area contributed by atoms with Crippen molar-refractivity contribution in [1.29, 1.82) is 0 Å². The molecule has 1 fully saturated rings. The van der Waals surface area contributed by atoms with Gasteiger partial charge >= 0.3 is 0 Å². The van der Waals surface area contributed by atoms with Crippen LogP contribution in [0.25, 0.3) is 0 Å². The second kappa shape index (κ2) is 5.91. The topological polar surface area (TPSA) is 37.4 Å². The van der Waals surface area contributed by atoms with E-state index in [0.717, 1.165) is 24.8 Å². The van der Waals surface area contributed by atoms with E-state index in [9.17, 15) is 8.42 Å². The minimum atomic E-state index is -3.37. The minimum Gasteiger partial charge on any atom is -0.207 e. The molecule has 1 aromatic carbocycles. The normalized spacial score (nSPS) is 15.5. The summed E-state index contributed by atoms with van der Waals surface area (Å²) in [4.78, 5) is 1.64. The SMILES string of the molecule is Cc1ccc(S(=O)(=O)N(CCc2cccs2)C2CC2)cc1. The van der Waals surface area contributed by atoms with E-state index in [4.69, 9.17) is 0 Å². The first-order valence-electron chi connectivity index (χ1n) is 7.18. The Labute approximate surface area is 130 Å². The van der Waals surface area contributed by atoms with Gasteiger partial charge in [-0.2, -0.15) is 4.31 Å². The van der Waals surface area contributed by atoms with Crippen molar-refractivity contribution in [3.63, 3.8) is 0 Å². The molecule has 1 aromatic heterocycles. The van der Waals surface area contributed by atoms with Crippen LogP contribution in [0.1, 0.15) is 23.3 Å². The van der Waals surface area contributed by atoms with Gasteiger partial charge in [-0.15, -0.1) is 11.3 Å². The van der Waals surface area contributed by atoms with Crippen molar-refractivity contribution < 1.29 is 8.42 Å². The first kappa shape index (κ1) is 14.8. The van der Waals surface area contributed by atoms with Crippen molar-refractivity contribution in [2.24, 2.45) is 0 Å². The van der Waals surface area contributed by atoms with Crippen LogP contribution in [-0.4, -0.2) is 25.3 Å². The molecule has 0 radical (unpaired) electrons. The summed E-state index contributed by atoms with van der Waals surface area (Å²) in [6, 6.07) is 11.4. The Bertz CT molecular complexity index is 686. The van der Waals surface area contributed by atoms with Gasteiger partial charge in [0.2, 0.25) is 10.0 Å². The van der Waals surface area contributed by atoms with E-state index in [-0.39, 0.29) is 6.04 Å². The van der Waals surface area contributed by atoms with Gasteiger partial charge in [-0.3, -0.25) is 0 Å². The van der Waals surface area contributed by atoms with Crippen molar-refractivity contribution in [2.45, 2.75) is 37.1 Å². The highest BCUT2D eigenvalue weighted by molar-refractivity contribution is 7.89. The molecule has 1 heterocycles. The lowest BCUT2D eigenvalue weighted by Crippen LogP contribution is -2.34. The van der Waals surface area contributed by atoms with Crippen LogP contribution in [0.15, 0.2) is 46.7 Å². The van der Waals surface area contributed by atoms with E-state index in [1.54, 1.807) is 27.8 Å². The van der Waals surface area contributed by atoms with Gasteiger partial charge in [-0.25, -0.2) is 8.42 Å². The van der Waals surface area contributed by atoms with Crippen LogP contribution >= 0.6 is 11.3 Å². The molecule has 0 bridgehead atoms.